The van der Waals surface area contributed by atoms with E-state index in [1.54, 1.807) is 0 Å². The fourth-order valence-corrected chi connectivity index (χ4v) is 3.74. The summed E-state index contributed by atoms with van der Waals surface area (Å²) in [5.41, 5.74) is 10.1. The number of hydrogen-bond donors (Lipinski definition) is 3. The minimum absolute atomic E-state index is 0.0185. The van der Waals surface area contributed by atoms with Crippen molar-refractivity contribution in [1.82, 2.24) is 4.90 Å². The average molecular weight is 564 g/mol. The molecule has 4 rings (SSSR count). The molecular formula is C25H21BrF3N3O4. The molecule has 7 nitrogen and oxygen atoms in total. The Morgan fingerprint density at radius 2 is 1.69 bits per heavy atom. The molecule has 3 aromatic rings. The van der Waals surface area contributed by atoms with E-state index >= 15 is 0 Å². The second kappa shape index (κ2) is 11.3. The molecule has 2 heterocycles. The molecule has 188 valence electrons. The molecule has 0 aliphatic carbocycles. The molecule has 0 saturated carbocycles. The van der Waals surface area contributed by atoms with Crippen molar-refractivity contribution < 1.29 is 32.3 Å². The fraction of sp³-hybridized carbons (Fsp3) is 0.160. The zero-order valence-corrected chi connectivity index (χ0v) is 20.3. The van der Waals surface area contributed by atoms with Gasteiger partial charge in [0.15, 0.2) is 4.67 Å². The van der Waals surface area contributed by atoms with Gasteiger partial charge in [-0.2, -0.15) is 13.2 Å². The van der Waals surface area contributed by atoms with Crippen molar-refractivity contribution in [3.63, 3.8) is 0 Å². The Kier molecular flexibility index (Phi) is 8.36. The summed E-state index contributed by atoms with van der Waals surface area (Å²) in [6, 6.07) is 18.9. The smallest absolute Gasteiger partial charge is 0.475 e. The van der Waals surface area contributed by atoms with E-state index in [0.717, 1.165) is 23.3 Å². The number of amides is 1. The van der Waals surface area contributed by atoms with Crippen LogP contribution in [0, 0.1) is 5.41 Å². The second-order valence-electron chi connectivity index (χ2n) is 7.71. The number of furan rings is 1. The molecule has 1 aromatic heterocycles. The Hall–Kier alpha value is -3.86. The molecule has 0 atom stereocenters. The van der Waals surface area contributed by atoms with E-state index in [4.69, 9.17) is 25.5 Å². The van der Waals surface area contributed by atoms with Gasteiger partial charge in [0.05, 0.1) is 0 Å². The number of halogens is 4. The molecule has 0 saturated heterocycles. The number of carboxylic acids is 1. The number of nitrogens with two attached hydrogens (primary N) is 1. The minimum atomic E-state index is -5.08. The lowest BCUT2D eigenvalue weighted by molar-refractivity contribution is -0.192. The molecule has 11 heteroatoms. The third-order valence-electron chi connectivity index (χ3n) is 5.27. The van der Waals surface area contributed by atoms with Crippen LogP contribution in [0.2, 0.25) is 0 Å². The van der Waals surface area contributed by atoms with Gasteiger partial charge in [0, 0.05) is 29.8 Å². The van der Waals surface area contributed by atoms with Crippen LogP contribution in [0.1, 0.15) is 27.9 Å². The van der Waals surface area contributed by atoms with Crippen LogP contribution < -0.4 is 5.73 Å². The maximum atomic E-state index is 12.9. The lowest BCUT2D eigenvalue weighted by Gasteiger charge is -2.27. The first-order valence-corrected chi connectivity index (χ1v) is 11.3. The summed E-state index contributed by atoms with van der Waals surface area (Å²) < 4.78 is 38.0. The van der Waals surface area contributed by atoms with E-state index in [1.807, 2.05) is 65.6 Å². The number of alkyl halides is 3. The van der Waals surface area contributed by atoms with Gasteiger partial charge in [-0.25, -0.2) is 4.79 Å². The molecule has 0 fully saturated rings. The molecule has 0 unspecified atom stereocenters. The van der Waals surface area contributed by atoms with Crippen LogP contribution in [0.4, 0.5) is 13.2 Å². The molecule has 4 N–H and O–H groups in total. The van der Waals surface area contributed by atoms with Crippen LogP contribution in [-0.2, 0) is 4.79 Å². The van der Waals surface area contributed by atoms with Crippen LogP contribution >= 0.6 is 15.9 Å². The minimum Gasteiger partial charge on any atom is -0.475 e. The van der Waals surface area contributed by atoms with Crippen molar-refractivity contribution in [1.29, 1.82) is 5.41 Å². The maximum Gasteiger partial charge on any atom is 0.490 e. The van der Waals surface area contributed by atoms with Crippen molar-refractivity contribution >= 4 is 39.2 Å². The van der Waals surface area contributed by atoms with Crippen molar-refractivity contribution in [2.75, 3.05) is 13.1 Å². The number of benzene rings is 2. The number of carbonyl (C=O) groups is 2. The van der Waals surface area contributed by atoms with Crippen LogP contribution in [-0.4, -0.2) is 47.0 Å². The van der Waals surface area contributed by atoms with Gasteiger partial charge in [0.2, 0.25) is 0 Å². The standard InChI is InChI=1S/C23H20BrN3O2.C2HF3O2/c24-21-9-8-20(29-21)16-4-6-17(7-5-16)23(28)27-12-10-15(11-13-27)18-2-1-3-19(14-18)22(25)26;3-2(4,5)1(6)7/h1-10,14H,11-13H2,(H3,25,26);(H,6,7). The highest BCUT2D eigenvalue weighted by molar-refractivity contribution is 9.10. The number of nitrogens with zero attached hydrogens (tertiary/aromatic N) is 1. The topological polar surface area (TPSA) is 121 Å². The predicted octanol–water partition coefficient (Wildman–Crippen LogP) is 5.56. The van der Waals surface area contributed by atoms with Gasteiger partial charge in [-0.1, -0.05) is 36.4 Å². The molecule has 1 aliphatic rings. The highest BCUT2D eigenvalue weighted by atomic mass is 79.9. The van der Waals surface area contributed by atoms with Gasteiger partial charge in [0.25, 0.3) is 5.91 Å². The molecule has 0 bridgehead atoms. The van der Waals surface area contributed by atoms with Crippen LogP contribution in [0.25, 0.3) is 16.9 Å². The van der Waals surface area contributed by atoms with Crippen molar-refractivity contribution in [2.45, 2.75) is 12.6 Å². The Morgan fingerprint density at radius 1 is 1.03 bits per heavy atom. The van der Waals surface area contributed by atoms with Crippen LogP contribution in [0.15, 0.2) is 75.8 Å². The lowest BCUT2D eigenvalue weighted by Crippen LogP contribution is -2.34. The predicted molar refractivity (Wildman–Crippen MR) is 131 cm³/mol. The van der Waals surface area contributed by atoms with E-state index in [-0.39, 0.29) is 11.7 Å². The van der Waals surface area contributed by atoms with Gasteiger partial charge >= 0.3 is 12.1 Å². The highest BCUT2D eigenvalue weighted by Crippen LogP contribution is 2.27. The molecular weight excluding hydrogens is 543 g/mol. The van der Waals surface area contributed by atoms with Gasteiger partial charge < -0.3 is 20.2 Å². The Labute approximate surface area is 212 Å². The Morgan fingerprint density at radius 3 is 2.19 bits per heavy atom. The lowest BCUT2D eigenvalue weighted by atomic mass is 9.97. The zero-order valence-electron chi connectivity index (χ0n) is 18.7. The Bertz CT molecular complexity index is 1300. The summed E-state index contributed by atoms with van der Waals surface area (Å²) in [5.74, 6) is -1.92. The van der Waals surface area contributed by atoms with E-state index in [0.29, 0.717) is 28.9 Å². The third-order valence-corrected chi connectivity index (χ3v) is 5.70. The monoisotopic (exact) mass is 563 g/mol. The van der Waals surface area contributed by atoms with Crippen molar-refractivity contribution in [2.24, 2.45) is 5.73 Å². The molecule has 1 aliphatic heterocycles. The van der Waals surface area contributed by atoms with Gasteiger partial charge in [0.1, 0.15) is 11.6 Å². The van der Waals surface area contributed by atoms with E-state index in [2.05, 4.69) is 22.0 Å². The molecule has 36 heavy (non-hydrogen) atoms. The number of nitrogen functional groups attached to an aromatic ring is 1. The summed E-state index contributed by atoms with van der Waals surface area (Å²) in [4.78, 5) is 23.6. The van der Waals surface area contributed by atoms with E-state index < -0.39 is 12.1 Å². The van der Waals surface area contributed by atoms with Crippen LogP contribution in [0.3, 0.4) is 0 Å². The summed E-state index contributed by atoms with van der Waals surface area (Å²) in [6.45, 7) is 1.22. The second-order valence-corrected chi connectivity index (χ2v) is 8.49. The quantitative estimate of drug-likeness (QED) is 0.283. The first kappa shape index (κ1) is 26.7. The molecule has 0 radical (unpaired) electrons. The normalized spacial score (nSPS) is 13.3. The third kappa shape index (κ3) is 6.85. The van der Waals surface area contributed by atoms with Crippen LogP contribution in [0.5, 0.6) is 0 Å². The summed E-state index contributed by atoms with van der Waals surface area (Å²) in [6.07, 6.45) is -2.24. The number of amidine groups is 1. The number of carboxylic acid groups (broad SMARTS) is 1. The van der Waals surface area contributed by atoms with Gasteiger partial charge in [-0.15, -0.1) is 0 Å². The Balaban J connectivity index is 0.000000454. The van der Waals surface area contributed by atoms with Gasteiger partial charge in [-0.3, -0.25) is 10.2 Å². The van der Waals surface area contributed by atoms with Crippen molar-refractivity contribution in [3.05, 3.63) is 88.1 Å². The van der Waals surface area contributed by atoms with Gasteiger partial charge in [-0.05, 0) is 63.8 Å². The molecule has 1 amide bonds. The van der Waals surface area contributed by atoms with Crippen molar-refractivity contribution in [3.8, 4) is 11.3 Å². The van der Waals surface area contributed by atoms with E-state index in [9.17, 15) is 18.0 Å². The van der Waals surface area contributed by atoms with E-state index in [1.165, 1.54) is 5.57 Å². The zero-order chi connectivity index (χ0) is 26.5. The number of hydrogen-bond acceptors (Lipinski definition) is 4. The number of rotatable bonds is 4. The summed E-state index contributed by atoms with van der Waals surface area (Å²) in [5, 5.41) is 14.7. The first-order chi connectivity index (χ1) is 17.0. The molecule has 2 aromatic carbocycles. The summed E-state index contributed by atoms with van der Waals surface area (Å²) in [7, 11) is 0. The fourth-order valence-electron chi connectivity index (χ4n) is 3.43. The first-order valence-electron chi connectivity index (χ1n) is 10.5. The summed E-state index contributed by atoms with van der Waals surface area (Å²) >= 11 is 3.30. The highest BCUT2D eigenvalue weighted by Gasteiger charge is 2.38. The number of carbonyl (C=O) groups excluding carboxylic acids is 1. The number of aliphatic carboxylic acids is 1. The number of nitrogens with one attached hydrogen (secondary N) is 1. The largest absolute Gasteiger partial charge is 0.490 e. The maximum absolute atomic E-state index is 12.9. The molecule has 0 spiro atoms. The SMILES string of the molecule is N=C(N)c1cccc(C2=CCN(C(=O)c3ccc(-c4ccc(Br)o4)cc3)CC2)c1.O=C(O)C(F)(F)F. The average Bonchev–Trinajstić information content (AvgIpc) is 3.30.